The van der Waals surface area contributed by atoms with E-state index in [-0.39, 0.29) is 0 Å². The monoisotopic (exact) mass is 417 g/mol. The topological polar surface area (TPSA) is 32.8 Å². The quantitative estimate of drug-likeness (QED) is 0.327. The van der Waals surface area contributed by atoms with Crippen LogP contribution in [0.1, 0.15) is 11.1 Å². The lowest BCUT2D eigenvalue weighted by atomic mass is 10.0. The molecule has 4 aromatic rings. The molecule has 1 aromatic heterocycles. The number of aromatic amines is 1. The van der Waals surface area contributed by atoms with Gasteiger partial charge in [-0.3, -0.25) is 4.57 Å². The second-order valence-corrected chi connectivity index (χ2v) is 7.89. The average molecular weight is 418 g/mol. The molecule has 0 aliphatic rings. The number of benzene rings is 3. The van der Waals surface area contributed by atoms with Crippen LogP contribution in [0.5, 0.6) is 0 Å². The van der Waals surface area contributed by atoms with Crippen molar-refractivity contribution in [3.05, 3.63) is 100 Å². The number of thioether (sulfide) groups is 1. The molecule has 0 aliphatic carbocycles. The van der Waals surface area contributed by atoms with Crippen molar-refractivity contribution in [2.45, 2.75) is 13.0 Å². The fraction of sp³-hybridized carbons (Fsp3) is 0.125. The van der Waals surface area contributed by atoms with Gasteiger partial charge in [-0.2, -0.15) is 0 Å². The predicted octanol–water partition coefficient (Wildman–Crippen LogP) is 6.72. The molecule has 0 amide bonds. The molecule has 5 heteroatoms. The Balaban J connectivity index is 1.50. The number of anilines is 1. The first-order valence-electron chi connectivity index (χ1n) is 9.55. The van der Waals surface area contributed by atoms with E-state index in [1.807, 2.05) is 18.2 Å². The number of nitrogens with one attached hydrogen (secondary N) is 2. The Bertz CT molecular complexity index is 1190. The van der Waals surface area contributed by atoms with Gasteiger partial charge >= 0.3 is 0 Å². The number of rotatable bonds is 7. The summed E-state index contributed by atoms with van der Waals surface area (Å²) in [6, 6.07) is 25.2. The molecule has 3 nitrogen and oxygen atoms in total. The van der Waals surface area contributed by atoms with Gasteiger partial charge in [-0.05, 0) is 77.8 Å². The summed E-state index contributed by atoms with van der Waals surface area (Å²) in [5.74, 6) is 0. The second-order valence-electron chi connectivity index (χ2n) is 6.76. The third-order valence-corrected chi connectivity index (χ3v) is 5.64. The van der Waals surface area contributed by atoms with Gasteiger partial charge in [-0.15, -0.1) is 11.8 Å². The van der Waals surface area contributed by atoms with Crippen molar-refractivity contribution < 1.29 is 0 Å². The minimum Gasteiger partial charge on any atom is -0.381 e. The highest BCUT2D eigenvalue weighted by atomic mass is 32.2. The number of hydrogen-bond donors (Lipinski definition) is 2. The number of hydrogen-bond acceptors (Lipinski definition) is 3. The first-order chi connectivity index (χ1) is 14.3. The lowest BCUT2D eigenvalue weighted by molar-refractivity contribution is 1.06. The molecule has 2 N–H and O–H groups in total. The van der Waals surface area contributed by atoms with Crippen molar-refractivity contribution in [3.63, 3.8) is 0 Å². The number of imidazole rings is 1. The molecule has 0 unspecified atom stereocenters. The second kappa shape index (κ2) is 9.16. The molecule has 3 aromatic carbocycles. The number of fused-ring (bicyclic) bond motifs is 1. The summed E-state index contributed by atoms with van der Waals surface area (Å²) in [4.78, 5) is 3.27. The maximum atomic E-state index is 5.53. The molecule has 0 aliphatic heterocycles. The molecule has 0 fully saturated rings. The lowest BCUT2D eigenvalue weighted by Crippen LogP contribution is -2.03. The Kier molecular flexibility index (Phi) is 6.17. The van der Waals surface area contributed by atoms with E-state index < -0.39 is 0 Å². The molecule has 0 radical (unpaired) electrons. The third kappa shape index (κ3) is 4.47. The smallest absolute Gasteiger partial charge is 0.182 e. The van der Waals surface area contributed by atoms with Gasteiger partial charge in [0.2, 0.25) is 0 Å². The van der Waals surface area contributed by atoms with Gasteiger partial charge in [0.15, 0.2) is 4.77 Å². The first-order valence-corrected chi connectivity index (χ1v) is 11.2. The van der Waals surface area contributed by atoms with Crippen LogP contribution < -0.4 is 5.32 Å². The normalized spacial score (nSPS) is 11.3. The van der Waals surface area contributed by atoms with Gasteiger partial charge in [0.25, 0.3) is 0 Å². The third-order valence-electron chi connectivity index (χ3n) is 4.89. The Hall–Kier alpha value is -2.76. The molecule has 0 saturated carbocycles. The predicted molar refractivity (Wildman–Crippen MR) is 129 cm³/mol. The van der Waals surface area contributed by atoms with Crippen LogP contribution >= 0.6 is 24.0 Å². The SMILES string of the molecule is CSC=CCc1ccccc1CNc1ccc(-n2c(=S)[nH]c3ccccc32)cc1. The van der Waals surface area contributed by atoms with Crippen LogP contribution in [0.4, 0.5) is 5.69 Å². The maximum absolute atomic E-state index is 5.53. The van der Waals surface area contributed by atoms with E-state index in [1.165, 1.54) is 11.1 Å². The molecule has 0 atom stereocenters. The molecule has 4 rings (SSSR count). The number of H-pyrrole nitrogens is 1. The van der Waals surface area contributed by atoms with E-state index in [0.717, 1.165) is 35.4 Å². The van der Waals surface area contributed by atoms with Gasteiger partial charge in [-0.25, -0.2) is 0 Å². The minimum absolute atomic E-state index is 0.708. The van der Waals surface area contributed by atoms with Crippen LogP contribution in [0.15, 0.2) is 84.3 Å². The summed E-state index contributed by atoms with van der Waals surface area (Å²) in [6.45, 7) is 0.801. The minimum atomic E-state index is 0.708. The maximum Gasteiger partial charge on any atom is 0.182 e. The van der Waals surface area contributed by atoms with Crippen LogP contribution in [0.25, 0.3) is 16.7 Å². The summed E-state index contributed by atoms with van der Waals surface area (Å²) in [5.41, 5.74) is 6.96. The molecule has 29 heavy (non-hydrogen) atoms. The van der Waals surface area contributed by atoms with Crippen molar-refractivity contribution >= 4 is 40.7 Å². The Morgan fingerprint density at radius 3 is 2.48 bits per heavy atom. The van der Waals surface area contributed by atoms with E-state index in [9.17, 15) is 0 Å². The molecule has 0 saturated heterocycles. The van der Waals surface area contributed by atoms with Crippen LogP contribution in [-0.4, -0.2) is 15.8 Å². The Morgan fingerprint density at radius 2 is 1.69 bits per heavy atom. The zero-order valence-electron chi connectivity index (χ0n) is 16.3. The van der Waals surface area contributed by atoms with Gasteiger partial charge in [-0.1, -0.05) is 42.5 Å². The highest BCUT2D eigenvalue weighted by molar-refractivity contribution is 8.01. The average Bonchev–Trinajstić information content (AvgIpc) is 3.09. The molecule has 0 spiro atoms. The fourth-order valence-electron chi connectivity index (χ4n) is 3.44. The summed E-state index contributed by atoms with van der Waals surface area (Å²) < 4.78 is 2.78. The van der Waals surface area contributed by atoms with Crippen LogP contribution in [0, 0.1) is 4.77 Å². The van der Waals surface area contributed by atoms with Crippen LogP contribution in [0.2, 0.25) is 0 Å². The van der Waals surface area contributed by atoms with Crippen molar-refractivity contribution in [1.29, 1.82) is 0 Å². The number of aromatic nitrogens is 2. The van der Waals surface area contributed by atoms with Crippen molar-refractivity contribution in [3.8, 4) is 5.69 Å². The zero-order chi connectivity index (χ0) is 20.1. The largest absolute Gasteiger partial charge is 0.381 e. The lowest BCUT2D eigenvalue weighted by Gasteiger charge is -2.11. The highest BCUT2D eigenvalue weighted by Crippen LogP contribution is 2.21. The van der Waals surface area contributed by atoms with E-state index in [2.05, 4.69) is 87.2 Å². The van der Waals surface area contributed by atoms with Crippen LogP contribution in [-0.2, 0) is 13.0 Å². The molecular formula is C24H23N3S2. The van der Waals surface area contributed by atoms with Crippen molar-refractivity contribution in [2.24, 2.45) is 0 Å². The summed E-state index contributed by atoms with van der Waals surface area (Å²) in [5, 5.41) is 5.68. The first kappa shape index (κ1) is 19.6. The van der Waals surface area contributed by atoms with E-state index >= 15 is 0 Å². The van der Waals surface area contributed by atoms with Crippen LogP contribution in [0.3, 0.4) is 0 Å². The summed E-state index contributed by atoms with van der Waals surface area (Å²) >= 11 is 7.26. The number of allylic oxidation sites excluding steroid dienone is 1. The molecular weight excluding hydrogens is 394 g/mol. The molecule has 146 valence electrons. The van der Waals surface area contributed by atoms with Crippen molar-refractivity contribution in [1.82, 2.24) is 9.55 Å². The van der Waals surface area contributed by atoms with Gasteiger partial charge in [0.05, 0.1) is 11.0 Å². The number of para-hydroxylation sites is 2. The van der Waals surface area contributed by atoms with Gasteiger partial charge < -0.3 is 10.3 Å². The number of nitrogens with zero attached hydrogens (tertiary/aromatic N) is 1. The van der Waals surface area contributed by atoms with Crippen molar-refractivity contribution in [2.75, 3.05) is 11.6 Å². The van der Waals surface area contributed by atoms with Gasteiger partial charge in [0.1, 0.15) is 0 Å². The van der Waals surface area contributed by atoms with Gasteiger partial charge in [0, 0.05) is 17.9 Å². The standard InChI is InChI=1S/C24H23N3S2/c1-29-16-6-9-18-7-2-3-8-19(18)17-25-20-12-14-21(15-13-20)27-23-11-5-4-10-22(23)26-24(27)28/h2-8,10-16,25H,9,17H2,1H3,(H,26,28). The van der Waals surface area contributed by atoms with E-state index in [4.69, 9.17) is 12.2 Å². The summed E-state index contributed by atoms with van der Waals surface area (Å²) in [7, 11) is 0. The molecule has 0 bridgehead atoms. The summed E-state index contributed by atoms with van der Waals surface area (Å²) in [6.07, 6.45) is 5.25. The Morgan fingerprint density at radius 1 is 0.966 bits per heavy atom. The molecule has 1 heterocycles. The highest BCUT2D eigenvalue weighted by Gasteiger charge is 2.06. The fourth-order valence-corrected chi connectivity index (χ4v) is 4.04. The Labute approximate surface area is 180 Å². The van der Waals surface area contributed by atoms with E-state index in [1.54, 1.807) is 11.8 Å². The zero-order valence-corrected chi connectivity index (χ0v) is 17.9. The van der Waals surface area contributed by atoms with E-state index in [0.29, 0.717) is 4.77 Å².